The molecule has 1 aromatic rings. The van der Waals surface area contributed by atoms with Crippen LogP contribution in [-0.4, -0.2) is 44.1 Å². The summed E-state index contributed by atoms with van der Waals surface area (Å²) < 4.78 is 5.39. The Balaban J connectivity index is 1.59. The minimum atomic E-state index is -1.33. The molecule has 2 saturated heterocycles. The number of carbonyl (C=O) groups is 3. The van der Waals surface area contributed by atoms with E-state index in [9.17, 15) is 19.5 Å². The number of allylic oxidation sites excluding steroid dienone is 2. The van der Waals surface area contributed by atoms with Crippen molar-refractivity contribution < 1.29 is 24.2 Å². The quantitative estimate of drug-likeness (QED) is 0.560. The van der Waals surface area contributed by atoms with Gasteiger partial charge in [-0.1, -0.05) is 18.2 Å². The van der Waals surface area contributed by atoms with Crippen LogP contribution in [0.3, 0.4) is 0 Å². The summed E-state index contributed by atoms with van der Waals surface area (Å²) in [5.41, 5.74) is 0.994. The number of nitrogens with zero attached hydrogens (tertiary/aromatic N) is 2. The maximum absolute atomic E-state index is 13.2. The van der Waals surface area contributed by atoms with E-state index in [1.807, 2.05) is 17.1 Å². The first-order valence-electron chi connectivity index (χ1n) is 9.30. The van der Waals surface area contributed by atoms with Gasteiger partial charge in [-0.25, -0.2) is 4.90 Å². The van der Waals surface area contributed by atoms with E-state index in [1.165, 1.54) is 17.0 Å². The number of carbonyl (C=O) groups excluding carboxylic acids is 3. The fourth-order valence-electron chi connectivity index (χ4n) is 5.04. The summed E-state index contributed by atoms with van der Waals surface area (Å²) in [6.07, 6.45) is 4.94. The van der Waals surface area contributed by atoms with Gasteiger partial charge in [-0.2, -0.15) is 0 Å². The Morgan fingerprint density at radius 1 is 1.00 bits per heavy atom. The molecule has 2 aliphatic carbocycles. The van der Waals surface area contributed by atoms with Gasteiger partial charge < -0.3 is 19.5 Å². The number of morpholine rings is 1. The zero-order valence-electron chi connectivity index (χ0n) is 14.7. The van der Waals surface area contributed by atoms with Gasteiger partial charge in [0.05, 0.1) is 42.4 Å². The second kappa shape index (κ2) is 5.92. The molecule has 7 nitrogen and oxygen atoms in total. The predicted octanol–water partition coefficient (Wildman–Crippen LogP) is 0.198. The lowest BCUT2D eigenvalue weighted by molar-refractivity contribution is -0.255. The lowest BCUT2D eigenvalue weighted by atomic mass is 9.85. The molecular formula is C20H19N2O5-. The Morgan fingerprint density at radius 3 is 2.22 bits per heavy atom. The summed E-state index contributed by atoms with van der Waals surface area (Å²) in [7, 11) is 0. The van der Waals surface area contributed by atoms with E-state index in [-0.39, 0.29) is 41.0 Å². The Labute approximate surface area is 156 Å². The van der Waals surface area contributed by atoms with Gasteiger partial charge in [-0.15, -0.1) is 0 Å². The summed E-state index contributed by atoms with van der Waals surface area (Å²) in [4.78, 5) is 41.0. The summed E-state index contributed by atoms with van der Waals surface area (Å²) in [5.74, 6) is -2.19. The number of fused-ring (bicyclic) bond motifs is 5. The highest BCUT2D eigenvalue weighted by atomic mass is 16.5. The molecule has 140 valence electrons. The van der Waals surface area contributed by atoms with E-state index in [2.05, 4.69) is 0 Å². The van der Waals surface area contributed by atoms with E-state index in [0.29, 0.717) is 37.7 Å². The summed E-state index contributed by atoms with van der Waals surface area (Å²) in [6, 6.07) is 4.51. The molecule has 2 amide bonds. The Kier molecular flexibility index (Phi) is 3.62. The van der Waals surface area contributed by atoms with Gasteiger partial charge in [-0.05, 0) is 36.0 Å². The molecule has 0 N–H and O–H groups in total. The highest BCUT2D eigenvalue weighted by Gasteiger charge is 2.59. The number of hydrogen-bond donors (Lipinski definition) is 0. The molecule has 4 atom stereocenters. The van der Waals surface area contributed by atoms with Crippen molar-refractivity contribution in [2.24, 2.45) is 23.7 Å². The molecule has 0 spiro atoms. The maximum Gasteiger partial charge on any atom is 0.238 e. The van der Waals surface area contributed by atoms with Crippen molar-refractivity contribution in [1.82, 2.24) is 0 Å². The smallest absolute Gasteiger partial charge is 0.238 e. The molecule has 27 heavy (non-hydrogen) atoms. The van der Waals surface area contributed by atoms with Crippen LogP contribution in [-0.2, 0) is 14.3 Å². The summed E-state index contributed by atoms with van der Waals surface area (Å²) >= 11 is 0. The van der Waals surface area contributed by atoms with Crippen molar-refractivity contribution >= 4 is 29.2 Å². The van der Waals surface area contributed by atoms with Gasteiger partial charge in [-0.3, -0.25) is 9.59 Å². The fourth-order valence-corrected chi connectivity index (χ4v) is 5.04. The number of carboxylic acids is 1. The minimum Gasteiger partial charge on any atom is -0.545 e. The summed E-state index contributed by atoms with van der Waals surface area (Å²) in [5, 5.41) is 11.4. The van der Waals surface area contributed by atoms with Gasteiger partial charge in [0.1, 0.15) is 0 Å². The molecule has 3 fully saturated rings. The van der Waals surface area contributed by atoms with Crippen LogP contribution in [0, 0.1) is 23.7 Å². The van der Waals surface area contributed by atoms with E-state index in [1.54, 1.807) is 6.07 Å². The van der Waals surface area contributed by atoms with Crippen molar-refractivity contribution in [2.45, 2.75) is 6.42 Å². The Bertz CT molecular complexity index is 843. The van der Waals surface area contributed by atoms with Crippen molar-refractivity contribution in [3.8, 4) is 0 Å². The van der Waals surface area contributed by atoms with E-state index in [4.69, 9.17) is 4.74 Å². The molecule has 0 aromatic heterocycles. The average molecular weight is 367 g/mol. The number of aromatic carboxylic acids is 1. The van der Waals surface area contributed by atoms with Crippen LogP contribution in [0.25, 0.3) is 0 Å². The first-order valence-corrected chi connectivity index (χ1v) is 9.30. The average Bonchev–Trinajstić information content (AvgIpc) is 3.36. The first-order chi connectivity index (χ1) is 13.1. The zero-order chi connectivity index (χ0) is 18.7. The fraction of sp³-hybridized carbons (Fsp3) is 0.450. The minimum absolute atomic E-state index is 0.0410. The molecule has 5 rings (SSSR count). The molecule has 2 heterocycles. The van der Waals surface area contributed by atoms with Crippen LogP contribution >= 0.6 is 0 Å². The van der Waals surface area contributed by atoms with E-state index in [0.717, 1.165) is 6.42 Å². The van der Waals surface area contributed by atoms with Crippen LogP contribution in [0.15, 0.2) is 30.4 Å². The predicted molar refractivity (Wildman–Crippen MR) is 94.0 cm³/mol. The van der Waals surface area contributed by atoms with Crippen LogP contribution in [0.2, 0.25) is 0 Å². The highest BCUT2D eigenvalue weighted by molar-refractivity contribution is 6.24. The monoisotopic (exact) mass is 367 g/mol. The van der Waals surface area contributed by atoms with Gasteiger partial charge in [0.25, 0.3) is 0 Å². The number of carboxylic acid groups (broad SMARTS) is 1. The number of anilines is 2. The lowest BCUT2D eigenvalue weighted by Crippen LogP contribution is -2.39. The highest BCUT2D eigenvalue weighted by Crippen LogP contribution is 2.54. The molecule has 4 aliphatic rings. The number of benzene rings is 1. The lowest BCUT2D eigenvalue weighted by Gasteiger charge is -2.32. The van der Waals surface area contributed by atoms with Crippen LogP contribution in [0.5, 0.6) is 0 Å². The number of amides is 2. The molecule has 0 unspecified atom stereocenters. The molecular weight excluding hydrogens is 348 g/mol. The third-order valence-electron chi connectivity index (χ3n) is 6.27. The largest absolute Gasteiger partial charge is 0.545 e. The van der Waals surface area contributed by atoms with Crippen molar-refractivity contribution in [3.63, 3.8) is 0 Å². The third kappa shape index (κ3) is 2.34. The van der Waals surface area contributed by atoms with E-state index >= 15 is 0 Å². The van der Waals surface area contributed by atoms with Gasteiger partial charge in [0.15, 0.2) is 0 Å². The van der Waals surface area contributed by atoms with Crippen molar-refractivity contribution in [3.05, 3.63) is 35.9 Å². The topological polar surface area (TPSA) is 90.0 Å². The number of ether oxygens (including phenoxy) is 1. The van der Waals surface area contributed by atoms with Crippen molar-refractivity contribution in [2.75, 3.05) is 36.1 Å². The van der Waals surface area contributed by atoms with Gasteiger partial charge >= 0.3 is 0 Å². The zero-order valence-corrected chi connectivity index (χ0v) is 14.7. The van der Waals surface area contributed by atoms with E-state index < -0.39 is 5.97 Å². The molecule has 2 aliphatic heterocycles. The second-order valence-electron chi connectivity index (χ2n) is 7.60. The maximum atomic E-state index is 13.2. The SMILES string of the molecule is O=C([O-])c1ccc(N2CCOCC2)c(N2C(=O)[C@@H]3[C@@H](C2=O)[C@H]2C=C[C@@H]3C2)c1. The number of hydrogen-bond acceptors (Lipinski definition) is 6. The Morgan fingerprint density at radius 2 is 1.63 bits per heavy atom. The van der Waals surface area contributed by atoms with Crippen LogP contribution in [0.1, 0.15) is 16.8 Å². The summed E-state index contributed by atoms with van der Waals surface area (Å²) in [6.45, 7) is 2.33. The van der Waals surface area contributed by atoms with Gasteiger partial charge in [0.2, 0.25) is 11.8 Å². The Hall–Kier alpha value is -2.67. The number of imide groups is 1. The van der Waals surface area contributed by atoms with Gasteiger partial charge in [0, 0.05) is 13.1 Å². The van der Waals surface area contributed by atoms with Crippen molar-refractivity contribution in [1.29, 1.82) is 0 Å². The normalized spacial score (nSPS) is 31.7. The molecule has 7 heteroatoms. The standard InChI is InChI=1S/C20H20N2O5/c23-18-16-11-1-2-12(9-11)17(16)19(24)22(18)15-10-13(20(25)26)3-4-14(15)21-5-7-27-8-6-21/h1-4,10-12,16-17H,5-9H2,(H,25,26)/p-1/t11-,12+,16-,17-/m0/s1. The molecule has 2 bridgehead atoms. The van der Waals surface area contributed by atoms with Crippen LogP contribution in [0.4, 0.5) is 11.4 Å². The first kappa shape index (κ1) is 16.5. The second-order valence-corrected chi connectivity index (χ2v) is 7.60. The molecule has 1 aromatic carbocycles. The molecule has 0 radical (unpaired) electrons. The molecule has 1 saturated carbocycles. The number of rotatable bonds is 3. The third-order valence-corrected chi connectivity index (χ3v) is 6.27. The van der Waals surface area contributed by atoms with Crippen LogP contribution < -0.4 is 14.9 Å².